The van der Waals surface area contributed by atoms with Gasteiger partial charge in [0.1, 0.15) is 189 Å². The summed E-state index contributed by atoms with van der Waals surface area (Å²) < 4.78 is 87.6. The Morgan fingerprint density at radius 2 is 0.619 bits per heavy atom. The standard InChI is InChI=1S/C54H91N3O40/c1-12-26(66)34(74)38(78)50(85-12)83-11-22-44(31(71)23(47(82)86-22)55-13(2)63)93-48-24(56-14(3)64)32(72)43(20(9-62)90-48)95-53-41(81)45(96-52-40(80)36(76)28(68)17(6-59)88-52)30(70)21(92-53)10-84-54-46(37(77)29(69)18(7-60)89-54)97-49-25(57-15(4)65)33(73)42(19(8-61)91-49)94-51-39(79)35(75)27(67)16(5-58)87-51/h12,16-54,58-62,66-82H,5-11H2,1-4H3,(H,55,63)(H,56,64)(H,57,65)/t12-,16+,17+,18+,19+,20+,21+,22+,23+,24+,25+,26+,27-,28+,29+,30+,31+,32+,33+,34+,35-,36-,37-,38-,39+,40-,41-,42+,43+,44+,45-,46-,47+,48-,49-,50+,51-,52+,53+,54-/m0/s1. The zero-order valence-electron chi connectivity index (χ0n) is 52.2. The molecule has 0 aromatic carbocycles. The molecule has 0 spiro atoms. The van der Waals surface area contributed by atoms with Crippen LogP contribution in [0.4, 0.5) is 0 Å². The van der Waals surface area contributed by atoms with Gasteiger partial charge in [0.25, 0.3) is 0 Å². The topological polar surface area (TPSA) is 671 Å². The summed E-state index contributed by atoms with van der Waals surface area (Å²) in [6.07, 6.45) is -72.4. The Morgan fingerprint density at radius 3 is 1.08 bits per heavy atom. The first kappa shape index (κ1) is 79.6. The lowest BCUT2D eigenvalue weighted by molar-refractivity contribution is -0.389. The summed E-state index contributed by atoms with van der Waals surface area (Å²) in [5.41, 5.74) is 0. The molecule has 97 heavy (non-hydrogen) atoms. The van der Waals surface area contributed by atoms with Gasteiger partial charge in [-0.1, -0.05) is 0 Å². The quantitative estimate of drug-likeness (QED) is 0.0427. The molecule has 8 fully saturated rings. The zero-order chi connectivity index (χ0) is 71.5. The summed E-state index contributed by atoms with van der Waals surface area (Å²) in [6.45, 7) is -2.76. The second-order valence-corrected chi connectivity index (χ2v) is 24.6. The van der Waals surface area contributed by atoms with Crippen molar-refractivity contribution in [2.24, 2.45) is 0 Å². The van der Waals surface area contributed by atoms with Crippen molar-refractivity contribution < 1.29 is 198 Å². The van der Waals surface area contributed by atoms with Crippen LogP contribution in [0.1, 0.15) is 27.7 Å². The lowest BCUT2D eigenvalue weighted by Crippen LogP contribution is -2.70. The molecule has 0 saturated carbocycles. The van der Waals surface area contributed by atoms with Crippen molar-refractivity contribution in [2.45, 2.75) is 273 Å². The lowest BCUT2D eigenvalue weighted by atomic mass is 9.93. The molecule has 0 bridgehead atoms. The van der Waals surface area contributed by atoms with Gasteiger partial charge >= 0.3 is 0 Å². The van der Waals surface area contributed by atoms with Gasteiger partial charge < -0.3 is 199 Å². The Kier molecular flexibility index (Phi) is 28.3. The molecule has 0 radical (unpaired) electrons. The summed E-state index contributed by atoms with van der Waals surface area (Å²) in [7, 11) is 0. The first-order chi connectivity index (χ1) is 45.8. The van der Waals surface area contributed by atoms with Crippen LogP contribution in [0.3, 0.4) is 0 Å². The van der Waals surface area contributed by atoms with Crippen molar-refractivity contribution >= 4 is 17.7 Å². The average molecular weight is 1420 g/mol. The van der Waals surface area contributed by atoms with Gasteiger partial charge in [-0.3, -0.25) is 14.4 Å². The predicted molar refractivity (Wildman–Crippen MR) is 298 cm³/mol. The lowest BCUT2D eigenvalue weighted by Gasteiger charge is -2.50. The average Bonchev–Trinajstić information content (AvgIpc) is 0.777. The minimum absolute atomic E-state index is 0.790. The molecule has 0 aromatic rings. The van der Waals surface area contributed by atoms with Gasteiger partial charge in [-0.05, 0) is 6.92 Å². The molecule has 40 atom stereocenters. The van der Waals surface area contributed by atoms with Crippen molar-refractivity contribution in [2.75, 3.05) is 46.2 Å². The molecular formula is C54H91N3O40. The molecule has 3 amide bonds. The van der Waals surface area contributed by atoms with E-state index in [1.165, 1.54) is 6.92 Å². The number of hydrogen-bond acceptors (Lipinski definition) is 40. The van der Waals surface area contributed by atoms with Crippen molar-refractivity contribution in [1.29, 1.82) is 0 Å². The van der Waals surface area contributed by atoms with Gasteiger partial charge in [0.2, 0.25) is 17.7 Å². The largest absolute Gasteiger partial charge is 0.394 e. The summed E-state index contributed by atoms with van der Waals surface area (Å²) >= 11 is 0. The number of carbonyl (C=O) groups excluding carboxylic acids is 3. The minimum Gasteiger partial charge on any atom is -0.394 e. The van der Waals surface area contributed by atoms with Gasteiger partial charge in [0.15, 0.2) is 50.3 Å². The third kappa shape index (κ3) is 17.6. The van der Waals surface area contributed by atoms with Crippen LogP contribution in [0.15, 0.2) is 0 Å². The fourth-order valence-electron chi connectivity index (χ4n) is 12.4. The third-order valence-corrected chi connectivity index (χ3v) is 17.8. The van der Waals surface area contributed by atoms with Crippen molar-refractivity contribution in [1.82, 2.24) is 16.0 Å². The number of hydrogen-bond donors (Lipinski definition) is 25. The molecule has 8 heterocycles. The molecule has 8 rings (SSSR count). The second-order valence-electron chi connectivity index (χ2n) is 24.6. The van der Waals surface area contributed by atoms with Crippen LogP contribution in [0.25, 0.3) is 0 Å². The fraction of sp³-hybridized carbons (Fsp3) is 0.944. The number of ether oxygens (including phenoxy) is 15. The number of nitrogens with one attached hydrogen (secondary N) is 3. The number of rotatable bonds is 24. The summed E-state index contributed by atoms with van der Waals surface area (Å²) in [6, 6.07) is -5.42. The second kappa shape index (κ2) is 34.5. The van der Waals surface area contributed by atoms with Gasteiger partial charge in [-0.25, -0.2) is 0 Å². The van der Waals surface area contributed by atoms with E-state index in [-0.39, 0.29) is 0 Å². The van der Waals surface area contributed by atoms with Crippen molar-refractivity contribution in [3.8, 4) is 0 Å². The van der Waals surface area contributed by atoms with Crippen LogP contribution in [0, 0.1) is 0 Å². The summed E-state index contributed by atoms with van der Waals surface area (Å²) in [5.74, 6) is -2.60. The van der Waals surface area contributed by atoms with Crippen molar-refractivity contribution in [3.05, 3.63) is 0 Å². The Balaban J connectivity index is 1.07. The first-order valence-electron chi connectivity index (χ1n) is 31.0. The number of aliphatic hydroxyl groups is 22. The van der Waals surface area contributed by atoms with Crippen LogP contribution in [0.5, 0.6) is 0 Å². The molecule has 8 aliphatic heterocycles. The number of aliphatic hydroxyl groups excluding tert-OH is 22. The first-order valence-corrected chi connectivity index (χ1v) is 31.0. The van der Waals surface area contributed by atoms with Crippen LogP contribution >= 0.6 is 0 Å². The van der Waals surface area contributed by atoms with Crippen LogP contribution in [-0.4, -0.2) is 422 Å². The van der Waals surface area contributed by atoms with Gasteiger partial charge in [0.05, 0.1) is 52.4 Å². The molecule has 25 N–H and O–H groups in total. The maximum Gasteiger partial charge on any atom is 0.217 e. The SMILES string of the molecule is CC(=O)N[C@@H]1[C@@H](O)[C@H](O[C@@H]2O[C@H](CO)[C@@H](O[C@H]3O[C@H](CO[C@H]4O[C@H](CO)[C@@H](O)[C@H](O)[C@@H]4O[C@@H]4O[C@H](CO)[C@@H](O[C@@H]5O[C@H](CO)[C@H](O)[C@H](O)[C@H]5O)[C@H](O)[C@H]4NC(C)=O)[C@@H](O)[C@H](O[C@H]4O[C@H](CO)[C@@H](O)[C@H](O)[C@@H]4O)[C@@H]3O)[C@H](O)[C@H]2NC(C)=O)[C@@H](CO[C@@H]2O[C@@H](C)[C@@H](O)[C@@H](O)[C@@H]2O)O[C@H]1O. The Morgan fingerprint density at radius 1 is 0.289 bits per heavy atom. The van der Waals surface area contributed by atoms with Gasteiger partial charge in [-0.15, -0.1) is 0 Å². The predicted octanol–water partition coefficient (Wildman–Crippen LogP) is -17.0. The van der Waals surface area contributed by atoms with Crippen LogP contribution in [-0.2, 0) is 85.4 Å². The van der Waals surface area contributed by atoms with E-state index in [1.807, 2.05) is 0 Å². The maximum atomic E-state index is 13.0. The third-order valence-electron chi connectivity index (χ3n) is 17.8. The molecule has 562 valence electrons. The highest BCUT2D eigenvalue weighted by molar-refractivity contribution is 5.74. The Labute approximate surface area is 549 Å². The van der Waals surface area contributed by atoms with E-state index in [4.69, 9.17) is 71.1 Å². The van der Waals surface area contributed by atoms with Crippen molar-refractivity contribution in [3.63, 3.8) is 0 Å². The van der Waals surface area contributed by atoms with E-state index < -0.39 is 309 Å². The maximum absolute atomic E-state index is 13.0. The highest BCUT2D eigenvalue weighted by Gasteiger charge is 2.59. The van der Waals surface area contributed by atoms with E-state index in [0.717, 1.165) is 20.8 Å². The summed E-state index contributed by atoms with van der Waals surface area (Å²) in [5, 5.41) is 247. The molecule has 43 heteroatoms. The van der Waals surface area contributed by atoms with E-state index >= 15 is 0 Å². The fourth-order valence-corrected chi connectivity index (χ4v) is 12.4. The smallest absolute Gasteiger partial charge is 0.217 e. The number of amides is 3. The molecule has 8 saturated heterocycles. The highest BCUT2D eigenvalue weighted by Crippen LogP contribution is 2.38. The van der Waals surface area contributed by atoms with E-state index in [2.05, 4.69) is 16.0 Å². The Bertz CT molecular complexity index is 2490. The van der Waals surface area contributed by atoms with E-state index in [9.17, 15) is 127 Å². The van der Waals surface area contributed by atoms with Gasteiger partial charge in [-0.2, -0.15) is 0 Å². The van der Waals surface area contributed by atoms with Gasteiger partial charge in [0, 0.05) is 20.8 Å². The normalized spacial score (nSPS) is 49.9. The highest BCUT2D eigenvalue weighted by atomic mass is 16.8. The van der Waals surface area contributed by atoms with E-state index in [0.29, 0.717) is 0 Å². The molecule has 43 nitrogen and oxygen atoms in total. The molecule has 8 aliphatic rings. The minimum atomic E-state index is -2.39. The molecule has 0 aliphatic carbocycles. The van der Waals surface area contributed by atoms with E-state index in [1.54, 1.807) is 0 Å². The zero-order valence-corrected chi connectivity index (χ0v) is 52.2. The monoisotopic (exact) mass is 1420 g/mol. The Hall–Kier alpha value is -3.07. The molecular weight excluding hydrogens is 1330 g/mol. The summed E-state index contributed by atoms with van der Waals surface area (Å²) in [4.78, 5) is 38.0. The number of carbonyl (C=O) groups is 3. The molecule has 0 unspecified atom stereocenters. The van der Waals surface area contributed by atoms with Crippen LogP contribution < -0.4 is 16.0 Å². The van der Waals surface area contributed by atoms with Crippen LogP contribution in [0.2, 0.25) is 0 Å². The molecule has 0 aromatic heterocycles.